The van der Waals surface area contributed by atoms with Crippen molar-refractivity contribution in [2.75, 3.05) is 0 Å². The Labute approximate surface area is 262 Å². The number of furan rings is 1. The van der Waals surface area contributed by atoms with E-state index in [1.165, 1.54) is 33.5 Å². The molecule has 5 aromatic rings. The van der Waals surface area contributed by atoms with Crippen LogP contribution in [0, 0.1) is 13.8 Å². The average Bonchev–Trinajstić information content (AvgIpc) is 3.34. The van der Waals surface area contributed by atoms with Crippen molar-refractivity contribution < 1.29 is 8.98 Å². The molecule has 0 saturated carbocycles. The number of aromatic nitrogens is 2. The highest BCUT2D eigenvalue weighted by Gasteiger charge is 2.42. The maximum Gasteiger partial charge on any atom is 0.227 e. The second-order valence-electron chi connectivity index (χ2n) is 14.4. The third-order valence-corrected chi connectivity index (χ3v) is 12.0. The van der Waals surface area contributed by atoms with E-state index in [-0.39, 0.29) is 6.04 Å². The van der Waals surface area contributed by atoms with Crippen LogP contribution in [0.5, 0.6) is 0 Å². The lowest BCUT2D eigenvalue weighted by Crippen LogP contribution is -2.54. The molecule has 2 atom stereocenters. The van der Waals surface area contributed by atoms with Gasteiger partial charge >= 0.3 is 0 Å². The van der Waals surface area contributed by atoms with E-state index in [2.05, 4.69) is 113 Å². The summed E-state index contributed by atoms with van der Waals surface area (Å²) in [5, 5.41) is 3.78. The van der Waals surface area contributed by atoms with E-state index >= 15 is 0 Å². The summed E-state index contributed by atoms with van der Waals surface area (Å²) in [6, 6.07) is 18.5. The van der Waals surface area contributed by atoms with E-state index in [4.69, 9.17) is 14.4 Å². The number of nitrogens with zero attached hydrogens (tertiary/aromatic N) is 3. The Kier molecular flexibility index (Phi) is 6.81. The molecule has 2 aromatic carbocycles. The van der Waals surface area contributed by atoms with Gasteiger partial charge in [-0.15, -0.1) is 0 Å². The SMILES string of the molecule is C=C1CC2C(CCc3cc(C)c4c(oc5nc(C)ccc54)c3C(C)=N1)c1ccccc1-c1cc(C(C)C)c([Si](C)(C)C)c[n+]12. The summed E-state index contributed by atoms with van der Waals surface area (Å²) < 4.78 is 9.17. The Morgan fingerprint density at radius 3 is 2.55 bits per heavy atom. The minimum atomic E-state index is -1.60. The molecule has 0 amide bonds. The molecule has 0 saturated heterocycles. The lowest BCUT2D eigenvalue weighted by atomic mass is 9.77. The van der Waals surface area contributed by atoms with Gasteiger partial charge in [-0.3, -0.25) is 4.99 Å². The number of aliphatic imine (C=N–C) groups is 1. The number of hydrogen-bond donors (Lipinski definition) is 0. The van der Waals surface area contributed by atoms with Crippen molar-refractivity contribution >= 4 is 41.0 Å². The molecule has 3 aromatic heterocycles. The summed E-state index contributed by atoms with van der Waals surface area (Å²) in [5.41, 5.74) is 13.8. The minimum Gasteiger partial charge on any atom is -0.437 e. The van der Waals surface area contributed by atoms with Gasteiger partial charge in [-0.2, -0.15) is 4.57 Å². The third-order valence-electron chi connectivity index (χ3n) is 9.92. The van der Waals surface area contributed by atoms with Crippen LogP contribution < -0.4 is 9.75 Å². The first-order chi connectivity index (χ1) is 20.9. The van der Waals surface area contributed by atoms with Gasteiger partial charge in [0.25, 0.3) is 0 Å². The summed E-state index contributed by atoms with van der Waals surface area (Å²) in [5.74, 6) is 0.824. The molecule has 2 aliphatic heterocycles. The van der Waals surface area contributed by atoms with Crippen LogP contribution in [-0.4, -0.2) is 18.8 Å². The number of hydrogen-bond acceptors (Lipinski definition) is 3. The Balaban J connectivity index is 1.44. The van der Waals surface area contributed by atoms with Crippen molar-refractivity contribution in [3.63, 3.8) is 0 Å². The Morgan fingerprint density at radius 1 is 1.02 bits per heavy atom. The first-order valence-electron chi connectivity index (χ1n) is 16.2. The number of fused-ring (bicyclic) bond motifs is 11. The highest BCUT2D eigenvalue weighted by molar-refractivity contribution is 6.89. The van der Waals surface area contributed by atoms with E-state index in [0.29, 0.717) is 17.5 Å². The average molecular weight is 599 g/mol. The molecule has 5 heteroatoms. The molecule has 0 bridgehead atoms. The van der Waals surface area contributed by atoms with Gasteiger partial charge in [0, 0.05) is 56.2 Å². The van der Waals surface area contributed by atoms with E-state index in [1.807, 2.05) is 6.92 Å². The van der Waals surface area contributed by atoms with E-state index < -0.39 is 8.07 Å². The van der Waals surface area contributed by atoms with Gasteiger partial charge in [-0.1, -0.05) is 64.3 Å². The standard InChI is InChI=1S/C39H44N3OSi/c1-22(2)32-20-34-29-13-11-10-12-28(29)30-17-15-27-18-23(3)36-31-16-14-24(4)41-39(31)43-38(36)37(27)26(6)40-25(5)19-33(30)42(34)21-35(32)44(7,8)9/h10-14,16,18,20-22,30,33H,5,15,17,19H2,1-4,6-9H3/q+1. The molecule has 4 nitrogen and oxygen atoms in total. The van der Waals surface area contributed by atoms with E-state index in [0.717, 1.165) is 58.3 Å². The molecule has 44 heavy (non-hydrogen) atoms. The maximum absolute atomic E-state index is 6.55. The summed E-state index contributed by atoms with van der Waals surface area (Å²) in [6.45, 7) is 23.0. The van der Waals surface area contributed by atoms with Crippen LogP contribution in [0.1, 0.15) is 85.0 Å². The van der Waals surface area contributed by atoms with Crippen molar-refractivity contribution in [2.24, 2.45) is 4.99 Å². The van der Waals surface area contributed by atoms with Crippen LogP contribution in [0.3, 0.4) is 0 Å². The van der Waals surface area contributed by atoms with Gasteiger partial charge in [0.15, 0.2) is 12.2 Å². The normalized spacial score (nSPS) is 18.6. The predicted molar refractivity (Wildman–Crippen MR) is 186 cm³/mol. The van der Waals surface area contributed by atoms with Gasteiger partial charge in [-0.25, -0.2) is 4.98 Å². The lowest BCUT2D eigenvalue weighted by Gasteiger charge is -2.33. The zero-order valence-electron chi connectivity index (χ0n) is 27.5. The van der Waals surface area contributed by atoms with Crippen molar-refractivity contribution in [2.45, 2.75) is 91.4 Å². The van der Waals surface area contributed by atoms with Gasteiger partial charge in [-0.05, 0) is 80.0 Å². The summed E-state index contributed by atoms with van der Waals surface area (Å²) >= 11 is 0. The van der Waals surface area contributed by atoms with Crippen LogP contribution in [-0.2, 0) is 6.42 Å². The van der Waals surface area contributed by atoms with Crippen LogP contribution in [0.4, 0.5) is 0 Å². The smallest absolute Gasteiger partial charge is 0.227 e. The number of pyridine rings is 2. The highest BCUT2D eigenvalue weighted by Crippen LogP contribution is 2.45. The summed E-state index contributed by atoms with van der Waals surface area (Å²) in [4.78, 5) is 9.96. The largest absolute Gasteiger partial charge is 0.437 e. The monoisotopic (exact) mass is 598 g/mol. The van der Waals surface area contributed by atoms with Crippen LogP contribution in [0.2, 0.25) is 19.6 Å². The number of rotatable bonds is 2. The van der Waals surface area contributed by atoms with Crippen LogP contribution in [0.25, 0.3) is 33.3 Å². The quantitative estimate of drug-likeness (QED) is 0.150. The molecule has 5 heterocycles. The van der Waals surface area contributed by atoms with Gasteiger partial charge < -0.3 is 4.42 Å². The molecular formula is C39H44N3OSi+. The van der Waals surface area contributed by atoms with Crippen molar-refractivity contribution in [1.82, 2.24) is 4.98 Å². The maximum atomic E-state index is 6.55. The molecule has 0 fully saturated rings. The highest BCUT2D eigenvalue weighted by atomic mass is 28.3. The lowest BCUT2D eigenvalue weighted by molar-refractivity contribution is -0.717. The molecule has 0 aliphatic carbocycles. The molecule has 0 N–H and O–H groups in total. The zero-order valence-corrected chi connectivity index (χ0v) is 28.5. The second-order valence-corrected chi connectivity index (χ2v) is 19.5. The molecule has 0 radical (unpaired) electrons. The number of allylic oxidation sites excluding steroid dienone is 1. The first kappa shape index (κ1) is 28.9. The van der Waals surface area contributed by atoms with Crippen LogP contribution in [0.15, 0.2) is 76.4 Å². The zero-order chi connectivity index (χ0) is 31.1. The van der Waals surface area contributed by atoms with E-state index in [9.17, 15) is 0 Å². The van der Waals surface area contributed by atoms with Crippen molar-refractivity contribution in [1.29, 1.82) is 0 Å². The van der Waals surface area contributed by atoms with Gasteiger partial charge in [0.1, 0.15) is 5.58 Å². The van der Waals surface area contributed by atoms with Crippen LogP contribution >= 0.6 is 0 Å². The number of aryl methyl sites for hydroxylation is 3. The molecule has 7 rings (SSSR count). The van der Waals surface area contributed by atoms with E-state index in [1.54, 1.807) is 5.19 Å². The Morgan fingerprint density at radius 2 is 1.80 bits per heavy atom. The van der Waals surface area contributed by atoms with Gasteiger partial charge in [0.05, 0.1) is 14.5 Å². The number of benzene rings is 2. The predicted octanol–water partition coefficient (Wildman–Crippen LogP) is 9.22. The molecule has 2 aliphatic rings. The molecule has 224 valence electrons. The third kappa shape index (κ3) is 4.59. The summed E-state index contributed by atoms with van der Waals surface area (Å²) in [7, 11) is -1.60. The fourth-order valence-electron chi connectivity index (χ4n) is 7.90. The Hall–Kier alpha value is -3.83. The van der Waals surface area contributed by atoms with Crippen molar-refractivity contribution in [3.05, 3.63) is 101 Å². The first-order valence-corrected chi connectivity index (χ1v) is 19.7. The molecule has 0 spiro atoms. The Bertz CT molecular complexity index is 2020. The van der Waals surface area contributed by atoms with Crippen molar-refractivity contribution in [3.8, 4) is 11.3 Å². The summed E-state index contributed by atoms with van der Waals surface area (Å²) in [6.07, 6.45) is 5.33. The molecule has 2 unspecified atom stereocenters. The van der Waals surface area contributed by atoms with Gasteiger partial charge in [0.2, 0.25) is 11.4 Å². The fourth-order valence-corrected chi connectivity index (χ4v) is 9.65. The second kappa shape index (κ2) is 10.4. The minimum absolute atomic E-state index is 0.255. The topological polar surface area (TPSA) is 42.3 Å². The fraction of sp³-hybridized carbons (Fsp3) is 0.359. The molecular weight excluding hydrogens is 555 g/mol.